The molecule has 2 amide bonds. The first-order chi connectivity index (χ1) is 9.99. The molecule has 0 bridgehead atoms. The van der Waals surface area contributed by atoms with Crippen molar-refractivity contribution < 1.29 is 19.1 Å². The molecule has 1 fully saturated rings. The maximum atomic E-state index is 12.1. The van der Waals surface area contributed by atoms with Crippen molar-refractivity contribution in [2.45, 2.75) is 38.3 Å². The Morgan fingerprint density at radius 3 is 2.57 bits per heavy atom. The maximum absolute atomic E-state index is 12.1. The molecule has 6 heteroatoms. The van der Waals surface area contributed by atoms with Crippen molar-refractivity contribution in [3.63, 3.8) is 0 Å². The minimum absolute atomic E-state index is 0.0297. The normalized spacial score (nSPS) is 18.6. The molecule has 1 aliphatic heterocycles. The van der Waals surface area contributed by atoms with E-state index in [1.165, 1.54) is 11.0 Å². The molecule has 0 aromatic rings. The highest BCUT2D eigenvalue weighted by atomic mass is 16.5. The monoisotopic (exact) mass is 298 g/mol. The van der Waals surface area contributed by atoms with Crippen LogP contribution in [0.1, 0.15) is 26.7 Å². The summed E-state index contributed by atoms with van der Waals surface area (Å²) in [5.74, 6) is -0.435. The van der Waals surface area contributed by atoms with Crippen LogP contribution in [0, 0.1) is 0 Å². The van der Waals surface area contributed by atoms with E-state index < -0.39 is 5.60 Å². The highest BCUT2D eigenvalue weighted by molar-refractivity contribution is 5.90. The summed E-state index contributed by atoms with van der Waals surface area (Å²) in [4.78, 5) is 25.1. The lowest BCUT2D eigenvalue weighted by Gasteiger charge is -2.41. The third-order valence-corrected chi connectivity index (χ3v) is 4.11. The average Bonchev–Trinajstić information content (AvgIpc) is 2.52. The van der Waals surface area contributed by atoms with Gasteiger partial charge in [-0.05, 0) is 19.9 Å². The molecule has 21 heavy (non-hydrogen) atoms. The van der Waals surface area contributed by atoms with Crippen molar-refractivity contribution in [1.82, 2.24) is 10.2 Å². The number of likely N-dealkylation sites (N-methyl/N-ethyl adjacent to an activating group) is 1. The number of ether oxygens (including phenoxy) is 2. The van der Waals surface area contributed by atoms with Gasteiger partial charge in [-0.1, -0.05) is 6.58 Å². The van der Waals surface area contributed by atoms with Crippen LogP contribution in [0.15, 0.2) is 12.7 Å². The number of carbonyl (C=O) groups excluding carboxylic acids is 2. The Hall–Kier alpha value is -1.40. The van der Waals surface area contributed by atoms with Crippen LogP contribution in [-0.4, -0.2) is 61.8 Å². The molecule has 1 N–H and O–H groups in total. The third kappa shape index (κ3) is 4.54. The van der Waals surface area contributed by atoms with Gasteiger partial charge >= 0.3 is 0 Å². The van der Waals surface area contributed by atoms with Crippen LogP contribution in [0.25, 0.3) is 0 Å². The molecule has 1 unspecified atom stereocenters. The molecule has 1 atom stereocenters. The highest BCUT2D eigenvalue weighted by Crippen LogP contribution is 2.28. The fourth-order valence-electron chi connectivity index (χ4n) is 2.60. The van der Waals surface area contributed by atoms with E-state index in [0.717, 1.165) is 12.8 Å². The zero-order valence-electron chi connectivity index (χ0n) is 13.2. The van der Waals surface area contributed by atoms with Crippen LogP contribution in [0.5, 0.6) is 0 Å². The van der Waals surface area contributed by atoms with Crippen LogP contribution in [0.2, 0.25) is 0 Å². The number of hydrogen-bond acceptors (Lipinski definition) is 4. The van der Waals surface area contributed by atoms with Crippen LogP contribution in [0.3, 0.4) is 0 Å². The van der Waals surface area contributed by atoms with E-state index in [4.69, 9.17) is 9.47 Å². The van der Waals surface area contributed by atoms with Gasteiger partial charge in [-0.2, -0.15) is 0 Å². The van der Waals surface area contributed by atoms with Crippen LogP contribution in [-0.2, 0) is 19.1 Å². The van der Waals surface area contributed by atoms with E-state index in [2.05, 4.69) is 11.9 Å². The molecule has 1 heterocycles. The largest absolute Gasteiger partial charge is 0.381 e. The summed E-state index contributed by atoms with van der Waals surface area (Å²) in [6.45, 7) is 8.95. The molecule has 0 aliphatic carbocycles. The molecule has 0 aromatic heterocycles. The lowest BCUT2D eigenvalue weighted by atomic mass is 9.87. The van der Waals surface area contributed by atoms with E-state index in [1.54, 1.807) is 7.11 Å². The second-order valence-electron chi connectivity index (χ2n) is 5.23. The molecule has 6 nitrogen and oxygen atoms in total. The lowest BCUT2D eigenvalue weighted by Crippen LogP contribution is -2.56. The van der Waals surface area contributed by atoms with Crippen LogP contribution < -0.4 is 5.32 Å². The van der Waals surface area contributed by atoms with E-state index in [1.807, 2.05) is 13.8 Å². The van der Waals surface area contributed by atoms with Crippen LogP contribution >= 0.6 is 0 Å². The summed E-state index contributed by atoms with van der Waals surface area (Å²) in [7, 11) is 1.66. The summed E-state index contributed by atoms with van der Waals surface area (Å²) >= 11 is 0. The van der Waals surface area contributed by atoms with Crippen molar-refractivity contribution >= 4 is 11.8 Å². The fourth-order valence-corrected chi connectivity index (χ4v) is 2.60. The predicted octanol–water partition coefficient (Wildman–Crippen LogP) is 0.721. The number of carbonyl (C=O) groups is 2. The van der Waals surface area contributed by atoms with E-state index in [0.29, 0.717) is 19.8 Å². The Morgan fingerprint density at radius 1 is 1.48 bits per heavy atom. The molecular weight excluding hydrogens is 272 g/mol. The summed E-state index contributed by atoms with van der Waals surface area (Å²) in [5, 5.41) is 2.94. The second kappa shape index (κ2) is 8.14. The van der Waals surface area contributed by atoms with Gasteiger partial charge in [-0.15, -0.1) is 0 Å². The van der Waals surface area contributed by atoms with Gasteiger partial charge in [-0.3, -0.25) is 9.59 Å². The quantitative estimate of drug-likeness (QED) is 0.703. The highest BCUT2D eigenvalue weighted by Gasteiger charge is 2.39. The summed E-state index contributed by atoms with van der Waals surface area (Å²) in [6.07, 6.45) is 2.71. The molecule has 1 rings (SSSR count). The van der Waals surface area contributed by atoms with Gasteiger partial charge in [0.05, 0.1) is 18.2 Å². The number of hydrogen-bond donors (Lipinski definition) is 1. The predicted molar refractivity (Wildman–Crippen MR) is 79.8 cm³/mol. The SMILES string of the molecule is C=CC(=O)N(CC)CC(=O)NC(C)C1(OC)CCOCC1. The van der Waals surface area contributed by atoms with Crippen LogP contribution in [0.4, 0.5) is 0 Å². The molecule has 0 saturated carbocycles. The summed E-state index contributed by atoms with van der Waals surface area (Å²) in [5.41, 5.74) is -0.395. The number of methoxy groups -OCH3 is 1. The first-order valence-electron chi connectivity index (χ1n) is 7.32. The fraction of sp³-hybridized carbons (Fsp3) is 0.733. The van der Waals surface area contributed by atoms with Crippen molar-refractivity contribution in [3.8, 4) is 0 Å². The number of rotatable bonds is 7. The maximum Gasteiger partial charge on any atom is 0.246 e. The number of nitrogens with one attached hydrogen (secondary N) is 1. The van der Waals surface area contributed by atoms with Gasteiger partial charge in [0.2, 0.25) is 11.8 Å². The Labute approximate surface area is 126 Å². The number of amides is 2. The van der Waals surface area contributed by atoms with Crippen molar-refractivity contribution in [1.29, 1.82) is 0 Å². The Morgan fingerprint density at radius 2 is 2.10 bits per heavy atom. The van der Waals surface area contributed by atoms with Crippen molar-refractivity contribution in [3.05, 3.63) is 12.7 Å². The Bertz CT molecular complexity index is 378. The van der Waals surface area contributed by atoms with Crippen molar-refractivity contribution in [2.24, 2.45) is 0 Å². The van der Waals surface area contributed by atoms with E-state index in [9.17, 15) is 9.59 Å². The van der Waals surface area contributed by atoms with E-state index in [-0.39, 0.29) is 24.4 Å². The van der Waals surface area contributed by atoms with Gasteiger partial charge in [0.25, 0.3) is 0 Å². The average molecular weight is 298 g/mol. The Kier molecular flexibility index (Phi) is 6.84. The zero-order chi connectivity index (χ0) is 15.9. The lowest BCUT2D eigenvalue weighted by molar-refractivity contribution is -0.136. The van der Waals surface area contributed by atoms with Gasteiger partial charge in [0.1, 0.15) is 0 Å². The minimum Gasteiger partial charge on any atom is -0.381 e. The number of nitrogens with zero attached hydrogens (tertiary/aromatic N) is 1. The van der Waals surface area contributed by atoms with Crippen molar-refractivity contribution in [2.75, 3.05) is 33.4 Å². The standard InChI is InChI=1S/C15H26N2O4/c1-5-14(19)17(6-2)11-13(18)16-12(3)15(20-4)7-9-21-10-8-15/h5,12H,1,6-11H2,2-4H3,(H,16,18). The second-order valence-corrected chi connectivity index (χ2v) is 5.23. The summed E-state index contributed by atoms with van der Waals surface area (Å²) in [6, 6.07) is -0.142. The molecular formula is C15H26N2O4. The van der Waals surface area contributed by atoms with Gasteiger partial charge < -0.3 is 19.7 Å². The first-order valence-corrected chi connectivity index (χ1v) is 7.32. The zero-order valence-corrected chi connectivity index (χ0v) is 13.2. The Balaban J connectivity index is 2.59. The smallest absolute Gasteiger partial charge is 0.246 e. The molecule has 1 saturated heterocycles. The van der Waals surface area contributed by atoms with Gasteiger partial charge in [-0.25, -0.2) is 0 Å². The topological polar surface area (TPSA) is 67.9 Å². The molecule has 0 radical (unpaired) electrons. The summed E-state index contributed by atoms with van der Waals surface area (Å²) < 4.78 is 11.0. The van der Waals surface area contributed by atoms with Gasteiger partial charge in [0, 0.05) is 39.7 Å². The van der Waals surface area contributed by atoms with E-state index >= 15 is 0 Å². The third-order valence-electron chi connectivity index (χ3n) is 4.11. The molecule has 1 aliphatic rings. The minimum atomic E-state index is -0.395. The first kappa shape index (κ1) is 17.7. The molecule has 120 valence electrons. The molecule has 0 aromatic carbocycles. The molecule has 0 spiro atoms. The van der Waals surface area contributed by atoms with Gasteiger partial charge in [0.15, 0.2) is 0 Å².